The summed E-state index contributed by atoms with van der Waals surface area (Å²) < 4.78 is 11.1. The van der Waals surface area contributed by atoms with E-state index in [0.29, 0.717) is 6.61 Å². The first-order chi connectivity index (χ1) is 15.2. The molecule has 1 heterocycles. The molecule has 184 valence electrons. The fraction of sp³-hybridized carbons (Fsp3) is 0.923. The fourth-order valence-electron chi connectivity index (χ4n) is 4.18. The van der Waals surface area contributed by atoms with Crippen molar-refractivity contribution in [2.45, 2.75) is 134 Å². The van der Waals surface area contributed by atoms with E-state index < -0.39 is 24.4 Å². The Hall–Kier alpha value is -0.460. The second-order valence-electron chi connectivity index (χ2n) is 9.10. The molecule has 5 nitrogen and oxygen atoms in total. The second kappa shape index (κ2) is 20.2. The zero-order valence-electron chi connectivity index (χ0n) is 20.1. The van der Waals surface area contributed by atoms with Crippen molar-refractivity contribution in [2.75, 3.05) is 19.8 Å². The van der Waals surface area contributed by atoms with E-state index in [1.807, 2.05) is 0 Å². The van der Waals surface area contributed by atoms with E-state index in [1.54, 1.807) is 0 Å². The van der Waals surface area contributed by atoms with Crippen LogP contribution < -0.4 is 0 Å². The lowest BCUT2D eigenvalue weighted by Gasteiger charge is -2.23. The highest BCUT2D eigenvalue weighted by molar-refractivity contribution is 4.89. The number of hydrogen-bond donors (Lipinski definition) is 3. The summed E-state index contributed by atoms with van der Waals surface area (Å²) in [7, 11) is 0. The second-order valence-corrected chi connectivity index (χ2v) is 9.10. The van der Waals surface area contributed by atoms with Crippen molar-refractivity contribution in [1.29, 1.82) is 0 Å². The molecule has 0 aromatic carbocycles. The first kappa shape index (κ1) is 28.6. The fourth-order valence-corrected chi connectivity index (χ4v) is 4.18. The van der Waals surface area contributed by atoms with Crippen molar-refractivity contribution in [3.8, 4) is 0 Å². The summed E-state index contributed by atoms with van der Waals surface area (Å²) in [5.74, 6) is 0. The molecule has 0 unspecified atom stereocenters. The van der Waals surface area contributed by atoms with E-state index in [2.05, 4.69) is 19.1 Å². The van der Waals surface area contributed by atoms with E-state index in [0.717, 1.165) is 12.8 Å². The average molecular weight is 443 g/mol. The van der Waals surface area contributed by atoms with Gasteiger partial charge in [0.1, 0.15) is 24.4 Å². The molecule has 5 heteroatoms. The standard InChI is InChI=1S/C26H50O5/c1-2-3-4-5-6-7-8-9-10-11-12-13-14-15-16-17-18-19-20-30-26-24(29)22-31-25(26)23(28)21-27/h8-9,23-29H,2-7,10-22H2,1H3/b9-8+/t23-,24+,25+,26+/m1/s1. The quantitative estimate of drug-likeness (QED) is 0.166. The number of rotatable bonds is 21. The van der Waals surface area contributed by atoms with Gasteiger partial charge in [0.25, 0.3) is 0 Å². The van der Waals surface area contributed by atoms with Crippen molar-refractivity contribution in [3.05, 3.63) is 12.2 Å². The zero-order valence-corrected chi connectivity index (χ0v) is 20.1. The summed E-state index contributed by atoms with van der Waals surface area (Å²) in [5, 5.41) is 28.7. The SMILES string of the molecule is CCCCCCC/C=C/CCCCCCCCCCCO[C@@H]1[C@H]([C@H](O)CO)OC[C@@H]1O. The molecule has 4 atom stereocenters. The third kappa shape index (κ3) is 14.3. The van der Waals surface area contributed by atoms with Crippen LogP contribution in [0.3, 0.4) is 0 Å². The summed E-state index contributed by atoms with van der Waals surface area (Å²) >= 11 is 0. The van der Waals surface area contributed by atoms with Crippen LogP contribution in [0.2, 0.25) is 0 Å². The summed E-state index contributed by atoms with van der Waals surface area (Å²) in [6.45, 7) is 2.60. The van der Waals surface area contributed by atoms with Gasteiger partial charge in [0.05, 0.1) is 13.2 Å². The summed E-state index contributed by atoms with van der Waals surface area (Å²) in [4.78, 5) is 0. The van der Waals surface area contributed by atoms with Crippen molar-refractivity contribution in [1.82, 2.24) is 0 Å². The van der Waals surface area contributed by atoms with Gasteiger partial charge in [-0.25, -0.2) is 0 Å². The zero-order chi connectivity index (χ0) is 22.6. The number of unbranched alkanes of at least 4 members (excludes halogenated alkanes) is 14. The van der Waals surface area contributed by atoms with Crippen molar-refractivity contribution in [2.24, 2.45) is 0 Å². The molecular formula is C26H50O5. The first-order valence-electron chi connectivity index (χ1n) is 13.1. The molecule has 3 N–H and O–H groups in total. The number of allylic oxidation sites excluding steroid dienone is 2. The van der Waals surface area contributed by atoms with Crippen LogP contribution in [-0.4, -0.2) is 59.6 Å². The van der Waals surface area contributed by atoms with Crippen LogP contribution in [0.4, 0.5) is 0 Å². The molecule has 0 aromatic rings. The lowest BCUT2D eigenvalue weighted by atomic mass is 10.1. The Morgan fingerprint density at radius 2 is 1.35 bits per heavy atom. The van der Waals surface area contributed by atoms with Gasteiger partial charge in [-0.1, -0.05) is 89.7 Å². The molecule has 0 amide bonds. The molecule has 0 spiro atoms. The molecule has 31 heavy (non-hydrogen) atoms. The molecule has 0 radical (unpaired) electrons. The first-order valence-corrected chi connectivity index (χ1v) is 13.1. The van der Waals surface area contributed by atoms with Gasteiger partial charge < -0.3 is 24.8 Å². The topological polar surface area (TPSA) is 79.2 Å². The van der Waals surface area contributed by atoms with Crippen LogP contribution in [-0.2, 0) is 9.47 Å². The molecule has 1 fully saturated rings. The number of hydrogen-bond acceptors (Lipinski definition) is 5. The minimum atomic E-state index is -1.00. The summed E-state index contributed by atoms with van der Waals surface area (Å²) in [6, 6.07) is 0. The maximum absolute atomic E-state index is 9.91. The van der Waals surface area contributed by atoms with E-state index in [9.17, 15) is 10.2 Å². The van der Waals surface area contributed by atoms with Crippen LogP contribution in [0.1, 0.15) is 110 Å². The molecule has 0 saturated carbocycles. The minimum absolute atomic E-state index is 0.155. The Kier molecular flexibility index (Phi) is 18.6. The van der Waals surface area contributed by atoms with Gasteiger partial charge in [-0.05, 0) is 32.1 Å². The van der Waals surface area contributed by atoms with Gasteiger partial charge in [0, 0.05) is 6.61 Å². The Balaban J connectivity index is 1.83. The molecule has 0 aliphatic carbocycles. The van der Waals surface area contributed by atoms with Crippen molar-refractivity contribution < 1.29 is 24.8 Å². The molecule has 1 rings (SSSR count). The third-order valence-electron chi connectivity index (χ3n) is 6.20. The predicted octanol–water partition coefficient (Wildman–Crippen LogP) is 5.30. The Bertz CT molecular complexity index is 415. The van der Waals surface area contributed by atoms with Crippen LogP contribution in [0, 0.1) is 0 Å². The molecular weight excluding hydrogens is 392 g/mol. The molecule has 1 aliphatic heterocycles. The summed E-state index contributed by atoms with van der Waals surface area (Å²) in [5.41, 5.74) is 0. The number of aliphatic hydroxyl groups is 3. The third-order valence-corrected chi connectivity index (χ3v) is 6.20. The van der Waals surface area contributed by atoms with E-state index in [4.69, 9.17) is 14.6 Å². The minimum Gasteiger partial charge on any atom is -0.394 e. The Morgan fingerprint density at radius 3 is 1.90 bits per heavy atom. The lowest BCUT2D eigenvalue weighted by Crippen LogP contribution is -2.42. The summed E-state index contributed by atoms with van der Waals surface area (Å²) in [6.07, 6.45) is 22.5. The van der Waals surface area contributed by atoms with E-state index in [-0.39, 0.29) is 13.2 Å². The maximum atomic E-state index is 9.91. The predicted molar refractivity (Wildman–Crippen MR) is 127 cm³/mol. The monoisotopic (exact) mass is 442 g/mol. The molecule has 1 aliphatic rings. The Morgan fingerprint density at radius 1 is 0.839 bits per heavy atom. The average Bonchev–Trinajstić information content (AvgIpc) is 3.15. The normalized spacial score (nSPS) is 22.5. The van der Waals surface area contributed by atoms with Crippen LogP contribution in [0.5, 0.6) is 0 Å². The molecule has 0 aromatic heterocycles. The Labute approximate surface area is 191 Å². The van der Waals surface area contributed by atoms with Crippen LogP contribution in [0.25, 0.3) is 0 Å². The highest BCUT2D eigenvalue weighted by Gasteiger charge is 2.40. The van der Waals surface area contributed by atoms with Gasteiger partial charge in [-0.2, -0.15) is 0 Å². The van der Waals surface area contributed by atoms with Crippen LogP contribution >= 0.6 is 0 Å². The van der Waals surface area contributed by atoms with E-state index >= 15 is 0 Å². The smallest absolute Gasteiger partial charge is 0.114 e. The molecule has 1 saturated heterocycles. The van der Waals surface area contributed by atoms with Crippen molar-refractivity contribution in [3.63, 3.8) is 0 Å². The van der Waals surface area contributed by atoms with Gasteiger partial charge in [0.15, 0.2) is 0 Å². The van der Waals surface area contributed by atoms with Crippen molar-refractivity contribution >= 4 is 0 Å². The van der Waals surface area contributed by atoms with Crippen LogP contribution in [0.15, 0.2) is 12.2 Å². The molecule has 0 bridgehead atoms. The van der Waals surface area contributed by atoms with Gasteiger partial charge in [0.2, 0.25) is 0 Å². The number of ether oxygens (including phenoxy) is 2. The highest BCUT2D eigenvalue weighted by atomic mass is 16.6. The number of aliphatic hydroxyl groups excluding tert-OH is 3. The van der Waals surface area contributed by atoms with Gasteiger partial charge >= 0.3 is 0 Å². The highest BCUT2D eigenvalue weighted by Crippen LogP contribution is 2.21. The van der Waals surface area contributed by atoms with Gasteiger partial charge in [-0.15, -0.1) is 0 Å². The largest absolute Gasteiger partial charge is 0.394 e. The maximum Gasteiger partial charge on any atom is 0.114 e. The van der Waals surface area contributed by atoms with E-state index in [1.165, 1.54) is 89.9 Å². The van der Waals surface area contributed by atoms with Gasteiger partial charge in [-0.3, -0.25) is 0 Å². The lowest BCUT2D eigenvalue weighted by molar-refractivity contribution is -0.0938.